The van der Waals surface area contributed by atoms with Gasteiger partial charge >= 0.3 is 11.9 Å². The number of rotatable bonds is 9. The number of benzene rings is 2. The van der Waals surface area contributed by atoms with Gasteiger partial charge < -0.3 is 18.9 Å². The lowest BCUT2D eigenvalue weighted by atomic mass is 9.93. The monoisotopic (exact) mass is 550 g/mol. The summed E-state index contributed by atoms with van der Waals surface area (Å²) in [5.41, 5.74) is 1.78. The maximum Gasteiger partial charge on any atom is 0.338 e. The van der Waals surface area contributed by atoms with Crippen LogP contribution >= 0.6 is 11.3 Å². The van der Waals surface area contributed by atoms with Crippen molar-refractivity contribution in [2.24, 2.45) is 4.99 Å². The van der Waals surface area contributed by atoms with Gasteiger partial charge in [0, 0.05) is 12.5 Å². The van der Waals surface area contributed by atoms with Crippen molar-refractivity contribution >= 4 is 29.4 Å². The first-order chi connectivity index (χ1) is 18.8. The lowest BCUT2D eigenvalue weighted by Gasteiger charge is -2.27. The molecule has 0 unspecified atom stereocenters. The van der Waals surface area contributed by atoms with Gasteiger partial charge in [0.15, 0.2) is 4.80 Å². The van der Waals surface area contributed by atoms with Crippen LogP contribution in [0, 0.1) is 0 Å². The van der Waals surface area contributed by atoms with Crippen molar-refractivity contribution in [2.45, 2.75) is 39.7 Å². The van der Waals surface area contributed by atoms with Gasteiger partial charge in [0.2, 0.25) is 0 Å². The van der Waals surface area contributed by atoms with Crippen LogP contribution in [0.2, 0.25) is 0 Å². The van der Waals surface area contributed by atoms with Crippen LogP contribution < -0.4 is 29.1 Å². The third-order valence-electron chi connectivity index (χ3n) is 6.04. The summed E-state index contributed by atoms with van der Waals surface area (Å²) in [5, 5.41) is 0. The predicted octanol–water partition coefficient (Wildman–Crippen LogP) is 3.52. The molecule has 2 heterocycles. The SMILES string of the molecule is CCCC1=C(C(=O)OCC)[C@@H](c2cc(OC)ccc2OC)n2c(s/c(=C\c3cccc(OC(C)=O)c3)c2=O)=N1. The summed E-state index contributed by atoms with van der Waals surface area (Å²) in [6, 6.07) is 11.3. The molecular formula is C29H30N2O7S. The standard InChI is InChI=1S/C29H30N2O7S/c1-6-9-22-25(28(34)37-7-2)26(21-16-19(35-4)12-13-23(21)36-5)31-27(33)24(39-29(31)30-22)15-18-10-8-11-20(14-18)38-17(3)32/h8,10-16,26H,6-7,9H2,1-5H3/b24-15-/t26-/m1/s1. The number of aromatic nitrogens is 1. The first-order valence-corrected chi connectivity index (χ1v) is 13.3. The molecule has 0 saturated carbocycles. The molecule has 1 aliphatic heterocycles. The molecule has 9 nitrogen and oxygen atoms in total. The first kappa shape index (κ1) is 27.8. The number of methoxy groups -OCH3 is 2. The molecule has 204 valence electrons. The molecule has 0 amide bonds. The highest BCUT2D eigenvalue weighted by Gasteiger charge is 2.36. The first-order valence-electron chi connectivity index (χ1n) is 12.5. The Labute approximate surface area is 229 Å². The van der Waals surface area contributed by atoms with E-state index in [1.165, 1.54) is 29.9 Å². The van der Waals surface area contributed by atoms with Crippen molar-refractivity contribution in [1.29, 1.82) is 0 Å². The molecule has 0 aliphatic carbocycles. The number of ether oxygens (including phenoxy) is 4. The molecule has 0 saturated heterocycles. The average Bonchev–Trinajstić information content (AvgIpc) is 3.21. The Morgan fingerprint density at radius 1 is 1.08 bits per heavy atom. The number of carbonyl (C=O) groups is 2. The Balaban J connectivity index is 2.01. The highest BCUT2D eigenvalue weighted by Crippen LogP contribution is 2.38. The number of hydrogen-bond acceptors (Lipinski definition) is 9. The zero-order chi connectivity index (χ0) is 28.1. The van der Waals surface area contributed by atoms with Crippen LogP contribution in [0.1, 0.15) is 50.8 Å². The van der Waals surface area contributed by atoms with E-state index in [1.54, 1.807) is 62.6 Å². The second-order valence-electron chi connectivity index (χ2n) is 8.69. The van der Waals surface area contributed by atoms with Gasteiger partial charge in [-0.25, -0.2) is 9.79 Å². The van der Waals surface area contributed by atoms with Gasteiger partial charge in [0.05, 0.1) is 36.6 Å². The lowest BCUT2D eigenvalue weighted by Crippen LogP contribution is -2.40. The number of hydrogen-bond donors (Lipinski definition) is 0. The van der Waals surface area contributed by atoms with Crippen molar-refractivity contribution in [1.82, 2.24) is 4.57 Å². The van der Waals surface area contributed by atoms with Gasteiger partial charge in [-0.2, -0.15) is 0 Å². The smallest absolute Gasteiger partial charge is 0.338 e. The van der Waals surface area contributed by atoms with Gasteiger partial charge in [0.25, 0.3) is 5.56 Å². The third-order valence-corrected chi connectivity index (χ3v) is 7.02. The summed E-state index contributed by atoms with van der Waals surface area (Å²) in [6.45, 7) is 5.23. The average molecular weight is 551 g/mol. The Morgan fingerprint density at radius 3 is 2.54 bits per heavy atom. The Kier molecular flexibility index (Phi) is 8.65. The third kappa shape index (κ3) is 5.80. The van der Waals surface area contributed by atoms with Gasteiger partial charge in [-0.3, -0.25) is 14.2 Å². The van der Waals surface area contributed by atoms with Gasteiger partial charge in [-0.15, -0.1) is 0 Å². The number of carbonyl (C=O) groups excluding carboxylic acids is 2. The van der Waals surface area contributed by atoms with Crippen LogP contribution in [-0.4, -0.2) is 37.3 Å². The van der Waals surface area contributed by atoms with E-state index in [9.17, 15) is 14.4 Å². The quantitative estimate of drug-likeness (QED) is 0.297. The summed E-state index contributed by atoms with van der Waals surface area (Å²) >= 11 is 1.22. The van der Waals surface area contributed by atoms with Crippen LogP contribution in [-0.2, 0) is 14.3 Å². The molecule has 10 heteroatoms. The van der Waals surface area contributed by atoms with E-state index in [-0.39, 0.29) is 12.2 Å². The van der Waals surface area contributed by atoms with E-state index in [0.717, 1.165) is 6.42 Å². The van der Waals surface area contributed by atoms with E-state index < -0.39 is 18.0 Å². The molecule has 0 spiro atoms. The largest absolute Gasteiger partial charge is 0.497 e. The molecule has 0 N–H and O–H groups in total. The van der Waals surface area contributed by atoms with Crippen LogP contribution in [0.25, 0.3) is 6.08 Å². The minimum absolute atomic E-state index is 0.173. The highest BCUT2D eigenvalue weighted by molar-refractivity contribution is 7.07. The number of nitrogens with zero attached hydrogens (tertiary/aromatic N) is 2. The number of allylic oxidation sites excluding steroid dienone is 1. The Bertz CT molecular complexity index is 1620. The van der Waals surface area contributed by atoms with Crippen molar-refractivity contribution < 1.29 is 28.5 Å². The summed E-state index contributed by atoms with van der Waals surface area (Å²) in [7, 11) is 3.08. The van der Waals surface area contributed by atoms with Crippen molar-refractivity contribution in [3.05, 3.63) is 84.5 Å². The number of esters is 2. The molecule has 39 heavy (non-hydrogen) atoms. The number of fused-ring (bicyclic) bond motifs is 1. The maximum atomic E-state index is 14.0. The van der Waals surface area contributed by atoms with Crippen LogP contribution in [0.15, 0.2) is 63.5 Å². The van der Waals surface area contributed by atoms with Crippen molar-refractivity contribution in [2.75, 3.05) is 20.8 Å². The zero-order valence-electron chi connectivity index (χ0n) is 22.5. The normalized spacial score (nSPS) is 14.9. The molecule has 0 radical (unpaired) electrons. The second kappa shape index (κ2) is 12.1. The molecule has 1 atom stereocenters. The maximum absolute atomic E-state index is 14.0. The van der Waals surface area contributed by atoms with Gasteiger partial charge in [-0.1, -0.05) is 36.8 Å². The predicted molar refractivity (Wildman–Crippen MR) is 147 cm³/mol. The molecular weight excluding hydrogens is 520 g/mol. The molecule has 0 bridgehead atoms. The number of thiazole rings is 1. The molecule has 0 fully saturated rings. The fraction of sp³-hybridized carbons (Fsp3) is 0.310. The molecule has 3 aromatic rings. The second-order valence-corrected chi connectivity index (χ2v) is 9.70. The van der Waals surface area contributed by atoms with Crippen molar-refractivity contribution in [3.8, 4) is 17.2 Å². The summed E-state index contributed by atoms with van der Waals surface area (Å²) < 4.78 is 23.7. The van der Waals surface area contributed by atoms with E-state index in [4.69, 9.17) is 23.9 Å². The van der Waals surface area contributed by atoms with E-state index in [1.807, 2.05) is 6.92 Å². The van der Waals surface area contributed by atoms with Crippen LogP contribution in [0.4, 0.5) is 0 Å². The zero-order valence-corrected chi connectivity index (χ0v) is 23.3. The Morgan fingerprint density at radius 2 is 1.87 bits per heavy atom. The highest BCUT2D eigenvalue weighted by atomic mass is 32.1. The van der Waals surface area contributed by atoms with E-state index in [0.29, 0.717) is 55.4 Å². The van der Waals surface area contributed by atoms with Crippen LogP contribution in [0.5, 0.6) is 17.2 Å². The molecule has 1 aromatic heterocycles. The summed E-state index contributed by atoms with van der Waals surface area (Å²) in [6.07, 6.45) is 2.97. The van der Waals surface area contributed by atoms with Gasteiger partial charge in [0.1, 0.15) is 23.3 Å². The minimum Gasteiger partial charge on any atom is -0.497 e. The molecule has 2 aromatic carbocycles. The topological polar surface area (TPSA) is 105 Å². The fourth-order valence-electron chi connectivity index (χ4n) is 4.45. The van der Waals surface area contributed by atoms with Crippen molar-refractivity contribution in [3.63, 3.8) is 0 Å². The summed E-state index contributed by atoms with van der Waals surface area (Å²) in [4.78, 5) is 44.0. The molecule has 1 aliphatic rings. The fourth-order valence-corrected chi connectivity index (χ4v) is 5.47. The Hall–Kier alpha value is -4.18. The van der Waals surface area contributed by atoms with E-state index in [2.05, 4.69) is 0 Å². The summed E-state index contributed by atoms with van der Waals surface area (Å²) in [5.74, 6) is 0.436. The minimum atomic E-state index is -0.846. The lowest BCUT2D eigenvalue weighted by molar-refractivity contribution is -0.139. The molecule has 4 rings (SSSR count). The van der Waals surface area contributed by atoms with Gasteiger partial charge in [-0.05, 0) is 55.3 Å². The van der Waals surface area contributed by atoms with Crippen LogP contribution in [0.3, 0.4) is 0 Å². The van der Waals surface area contributed by atoms with E-state index >= 15 is 0 Å².